The van der Waals surface area contributed by atoms with Crippen molar-refractivity contribution in [2.45, 2.75) is 25.8 Å². The molecule has 130 valence electrons. The van der Waals surface area contributed by atoms with E-state index in [0.717, 1.165) is 11.1 Å². The van der Waals surface area contributed by atoms with E-state index in [1.807, 2.05) is 31.2 Å². The van der Waals surface area contributed by atoms with Gasteiger partial charge in [0.15, 0.2) is 21.3 Å². The van der Waals surface area contributed by atoms with E-state index in [1.54, 1.807) is 0 Å². The van der Waals surface area contributed by atoms with Gasteiger partial charge in [0.05, 0.1) is 10.7 Å². The Morgan fingerprint density at radius 2 is 2.04 bits per heavy atom. The summed E-state index contributed by atoms with van der Waals surface area (Å²) >= 11 is 0. The number of nitrogens with one attached hydrogen (secondary N) is 1. The second kappa shape index (κ2) is 5.41. The molecular weight excluding hydrogens is 342 g/mol. The average Bonchev–Trinajstić information content (AvgIpc) is 2.97. The summed E-state index contributed by atoms with van der Waals surface area (Å²) in [4.78, 5) is 11.9. The number of aromatic nitrogens is 3. The molecule has 0 fully saturated rings. The van der Waals surface area contributed by atoms with Crippen molar-refractivity contribution in [3.05, 3.63) is 51.7 Å². The van der Waals surface area contributed by atoms with Crippen molar-refractivity contribution in [3.8, 4) is 0 Å². The number of nitrogens with two attached hydrogens (primary N) is 1. The van der Waals surface area contributed by atoms with E-state index in [-0.39, 0.29) is 11.4 Å². The van der Waals surface area contributed by atoms with Gasteiger partial charge in [0.2, 0.25) is 0 Å². The molecule has 1 atom stereocenters. The molecule has 0 spiro atoms. The van der Waals surface area contributed by atoms with E-state index in [1.165, 1.54) is 4.68 Å². The number of carbonyl (C=O) groups is 1. The van der Waals surface area contributed by atoms with E-state index in [9.17, 15) is 13.2 Å². The van der Waals surface area contributed by atoms with Gasteiger partial charge in [-0.3, -0.25) is 4.79 Å². The molecular formula is C16H17N5O3S. The number of primary amides is 1. The molecule has 8 nitrogen and oxygen atoms in total. The maximum absolute atomic E-state index is 12.8. The lowest BCUT2D eigenvalue weighted by atomic mass is 10.0. The third-order valence-corrected chi connectivity index (χ3v) is 6.52. The normalized spacial score (nSPS) is 21.2. The highest BCUT2D eigenvalue weighted by atomic mass is 32.2. The van der Waals surface area contributed by atoms with E-state index >= 15 is 0 Å². The first kappa shape index (κ1) is 15.8. The molecule has 0 saturated heterocycles. The van der Waals surface area contributed by atoms with Crippen LogP contribution in [0.5, 0.6) is 0 Å². The number of carbonyl (C=O) groups excluding carboxylic acids is 1. The van der Waals surface area contributed by atoms with Crippen LogP contribution in [-0.2, 0) is 9.84 Å². The van der Waals surface area contributed by atoms with Crippen molar-refractivity contribution < 1.29 is 13.2 Å². The smallest absolute Gasteiger partial charge is 0.273 e. The molecule has 1 aromatic heterocycles. The van der Waals surface area contributed by atoms with Crippen molar-refractivity contribution >= 4 is 21.6 Å². The van der Waals surface area contributed by atoms with Gasteiger partial charge in [-0.25, -0.2) is 13.1 Å². The number of nitrogens with zero attached hydrogens (tertiary/aromatic N) is 3. The molecule has 3 heterocycles. The molecule has 1 unspecified atom stereocenters. The van der Waals surface area contributed by atoms with Crippen LogP contribution in [0.2, 0.25) is 0 Å². The Morgan fingerprint density at radius 1 is 1.32 bits per heavy atom. The summed E-state index contributed by atoms with van der Waals surface area (Å²) in [6, 6.07) is 6.92. The average molecular weight is 359 g/mol. The van der Waals surface area contributed by atoms with Gasteiger partial charge in [-0.05, 0) is 25.3 Å². The van der Waals surface area contributed by atoms with Crippen LogP contribution in [0.3, 0.4) is 0 Å². The van der Waals surface area contributed by atoms with Crippen molar-refractivity contribution in [3.63, 3.8) is 0 Å². The first-order chi connectivity index (χ1) is 11.9. The molecule has 1 aromatic carbocycles. The van der Waals surface area contributed by atoms with Crippen molar-refractivity contribution in [2.75, 3.05) is 11.1 Å². The molecule has 1 amide bonds. The van der Waals surface area contributed by atoms with Crippen LogP contribution in [-0.4, -0.2) is 35.1 Å². The highest BCUT2D eigenvalue weighted by Gasteiger charge is 2.41. The third kappa shape index (κ3) is 2.42. The quantitative estimate of drug-likeness (QED) is 0.829. The number of hydrogen-bond donors (Lipinski definition) is 2. The van der Waals surface area contributed by atoms with Crippen LogP contribution >= 0.6 is 0 Å². The van der Waals surface area contributed by atoms with E-state index in [0.29, 0.717) is 29.3 Å². The molecule has 4 rings (SSSR count). The number of fused-ring (bicyclic) bond motifs is 1. The fourth-order valence-electron chi connectivity index (χ4n) is 3.37. The summed E-state index contributed by atoms with van der Waals surface area (Å²) in [6.45, 7) is 1.96. The van der Waals surface area contributed by atoms with Crippen molar-refractivity contribution in [1.29, 1.82) is 0 Å². The molecule has 2 aromatic rings. The zero-order chi connectivity index (χ0) is 17.8. The summed E-state index contributed by atoms with van der Waals surface area (Å²) in [5.41, 5.74) is 7.81. The Balaban J connectivity index is 1.98. The number of anilines is 1. The number of allylic oxidation sites excluding steroid dienone is 2. The fourth-order valence-corrected chi connectivity index (χ4v) is 5.22. The Kier molecular flexibility index (Phi) is 3.43. The summed E-state index contributed by atoms with van der Waals surface area (Å²) in [5, 5.41) is 10.9. The number of sulfone groups is 1. The minimum absolute atomic E-state index is 0.00614. The van der Waals surface area contributed by atoms with Gasteiger partial charge in [-0.15, -0.1) is 5.10 Å². The van der Waals surface area contributed by atoms with Crippen LogP contribution in [0.15, 0.2) is 34.9 Å². The van der Waals surface area contributed by atoms with E-state index in [2.05, 4.69) is 15.6 Å². The minimum Gasteiger partial charge on any atom is -0.364 e. The zero-order valence-electron chi connectivity index (χ0n) is 13.6. The Labute approximate surface area is 144 Å². The number of amides is 1. The Bertz CT molecular complexity index is 1000. The van der Waals surface area contributed by atoms with Gasteiger partial charge in [0, 0.05) is 5.70 Å². The molecule has 9 heteroatoms. The van der Waals surface area contributed by atoms with Crippen LogP contribution < -0.4 is 11.1 Å². The van der Waals surface area contributed by atoms with E-state index < -0.39 is 21.8 Å². The first-order valence-electron chi connectivity index (χ1n) is 7.93. The maximum atomic E-state index is 12.8. The van der Waals surface area contributed by atoms with Crippen molar-refractivity contribution in [1.82, 2.24) is 15.0 Å². The summed E-state index contributed by atoms with van der Waals surface area (Å²) < 4.78 is 27.0. The topological polar surface area (TPSA) is 120 Å². The minimum atomic E-state index is -3.43. The second-order valence-electron chi connectivity index (χ2n) is 6.30. The lowest BCUT2D eigenvalue weighted by molar-refractivity contribution is 0.0996. The van der Waals surface area contributed by atoms with Gasteiger partial charge in [-0.2, -0.15) is 0 Å². The lowest BCUT2D eigenvalue weighted by Gasteiger charge is -2.33. The zero-order valence-corrected chi connectivity index (χ0v) is 14.4. The molecule has 3 N–H and O–H groups in total. The number of hydrogen-bond acceptors (Lipinski definition) is 6. The van der Waals surface area contributed by atoms with Gasteiger partial charge in [0.25, 0.3) is 5.91 Å². The Morgan fingerprint density at radius 3 is 2.72 bits per heavy atom. The molecule has 25 heavy (non-hydrogen) atoms. The van der Waals surface area contributed by atoms with Crippen LogP contribution in [0.25, 0.3) is 0 Å². The number of rotatable bonds is 2. The summed E-state index contributed by atoms with van der Waals surface area (Å²) in [5.74, 6) is -0.268. The second-order valence-corrected chi connectivity index (χ2v) is 8.38. The first-order valence-corrected chi connectivity index (χ1v) is 9.58. The molecule has 0 aliphatic carbocycles. The SMILES string of the molecule is Cc1ccc(C2C3=C(CCCS3(=O)=O)Nc3c(C(N)=O)nnn32)cc1. The predicted octanol–water partition coefficient (Wildman–Crippen LogP) is 1.12. The van der Waals surface area contributed by atoms with E-state index in [4.69, 9.17) is 5.73 Å². The molecule has 0 radical (unpaired) electrons. The van der Waals surface area contributed by atoms with Crippen molar-refractivity contribution in [2.24, 2.45) is 5.73 Å². The molecule has 0 bridgehead atoms. The lowest BCUT2D eigenvalue weighted by Crippen LogP contribution is -2.33. The van der Waals surface area contributed by atoms with Crippen LogP contribution in [0, 0.1) is 6.92 Å². The molecule has 2 aliphatic heterocycles. The summed E-state index contributed by atoms with van der Waals surface area (Å²) in [6.07, 6.45) is 1.11. The monoisotopic (exact) mass is 359 g/mol. The van der Waals surface area contributed by atoms with Crippen LogP contribution in [0.4, 0.5) is 5.82 Å². The highest BCUT2D eigenvalue weighted by Crippen LogP contribution is 2.42. The predicted molar refractivity (Wildman–Crippen MR) is 91.5 cm³/mol. The van der Waals surface area contributed by atoms with Gasteiger partial charge in [-0.1, -0.05) is 35.0 Å². The largest absolute Gasteiger partial charge is 0.364 e. The fraction of sp³-hybridized carbons (Fsp3) is 0.312. The highest BCUT2D eigenvalue weighted by molar-refractivity contribution is 7.95. The Hall–Kier alpha value is -2.68. The number of aryl methyl sites for hydroxylation is 1. The molecule has 2 aliphatic rings. The van der Waals surface area contributed by atoms with Crippen LogP contribution in [0.1, 0.15) is 40.5 Å². The van der Waals surface area contributed by atoms with Gasteiger partial charge < -0.3 is 11.1 Å². The van der Waals surface area contributed by atoms with Gasteiger partial charge in [0.1, 0.15) is 6.04 Å². The summed E-state index contributed by atoms with van der Waals surface area (Å²) in [7, 11) is -3.43. The standard InChI is InChI=1S/C16H17N5O3S/c1-9-4-6-10(7-5-9)13-14-11(3-2-8-25(14,23)24)18-16-12(15(17)22)19-20-21(13)16/h4-7,13,18H,2-3,8H2,1H3,(H2,17,22). The third-order valence-electron chi connectivity index (χ3n) is 4.56. The molecule has 0 saturated carbocycles. The number of benzene rings is 1. The van der Waals surface area contributed by atoms with Gasteiger partial charge >= 0.3 is 0 Å². The maximum Gasteiger partial charge on any atom is 0.273 e.